The summed E-state index contributed by atoms with van der Waals surface area (Å²) < 4.78 is 0. The van der Waals surface area contributed by atoms with Crippen LogP contribution >= 0.6 is 0 Å². The van der Waals surface area contributed by atoms with Crippen molar-refractivity contribution >= 4 is 0 Å². The normalized spacial score (nSPS) is 20.7. The molecule has 0 amide bonds. The first kappa shape index (κ1) is 31.7. The maximum Gasteiger partial charge on any atom is -0.00470 e. The molecule has 38 heavy (non-hydrogen) atoms. The minimum absolute atomic E-state index is 0.466. The molecule has 1 aromatic carbocycles. The van der Waals surface area contributed by atoms with Crippen LogP contribution < -0.4 is 0 Å². The van der Waals surface area contributed by atoms with Gasteiger partial charge in [0.15, 0.2) is 0 Å². The van der Waals surface area contributed by atoms with Crippen LogP contribution in [0.4, 0.5) is 0 Å². The highest BCUT2D eigenvalue weighted by Crippen LogP contribution is 2.47. The molecule has 2 aliphatic carbocycles. The fourth-order valence-corrected chi connectivity index (χ4v) is 8.35. The number of rotatable bonds is 18. The summed E-state index contributed by atoms with van der Waals surface area (Å²) in [6.07, 6.45) is 34.2. The summed E-state index contributed by atoms with van der Waals surface area (Å²) >= 11 is 0. The van der Waals surface area contributed by atoms with E-state index in [1.807, 2.05) is 0 Å². The smallest absolute Gasteiger partial charge is 0.00470 e. The van der Waals surface area contributed by atoms with E-state index in [9.17, 15) is 0 Å². The number of unbranched alkanes of at least 4 members (excludes halogenated alkanes) is 4. The Hall–Kier alpha value is -0.780. The molecular weight excluding hydrogens is 456 g/mol. The van der Waals surface area contributed by atoms with E-state index >= 15 is 0 Å². The number of hydrogen-bond donors (Lipinski definition) is 0. The van der Waals surface area contributed by atoms with Crippen LogP contribution in [0.3, 0.4) is 0 Å². The molecule has 0 nitrogen and oxygen atoms in total. The summed E-state index contributed by atoms with van der Waals surface area (Å²) in [6.45, 7) is 9.67. The second-order valence-electron chi connectivity index (χ2n) is 14.2. The van der Waals surface area contributed by atoms with E-state index in [0.29, 0.717) is 10.8 Å². The van der Waals surface area contributed by atoms with Gasteiger partial charge >= 0.3 is 0 Å². The lowest BCUT2D eigenvalue weighted by Crippen LogP contribution is -2.31. The van der Waals surface area contributed by atoms with Crippen molar-refractivity contribution in [3.05, 3.63) is 35.4 Å². The third kappa shape index (κ3) is 9.70. The second kappa shape index (κ2) is 17.1. The quantitative estimate of drug-likeness (QED) is 0.168. The third-order valence-corrected chi connectivity index (χ3v) is 11.0. The average Bonchev–Trinajstić information content (AvgIpc) is 2.94. The fraction of sp³-hybridized carbons (Fsp3) is 0.842. The molecule has 0 radical (unpaired) electrons. The molecule has 3 rings (SSSR count). The molecule has 0 heterocycles. The molecule has 2 aliphatic rings. The van der Waals surface area contributed by atoms with Crippen LogP contribution in [0.1, 0.15) is 193 Å². The topological polar surface area (TPSA) is 0 Å². The van der Waals surface area contributed by atoms with Gasteiger partial charge in [-0.2, -0.15) is 0 Å². The number of benzene rings is 1. The van der Waals surface area contributed by atoms with E-state index in [1.165, 1.54) is 154 Å². The van der Waals surface area contributed by atoms with Crippen molar-refractivity contribution in [1.82, 2.24) is 0 Å². The summed E-state index contributed by atoms with van der Waals surface area (Å²) in [4.78, 5) is 0. The van der Waals surface area contributed by atoms with Crippen molar-refractivity contribution in [3.8, 4) is 0 Å². The first-order valence-electron chi connectivity index (χ1n) is 17.6. The van der Waals surface area contributed by atoms with Crippen LogP contribution in [0.5, 0.6) is 0 Å². The van der Waals surface area contributed by atoms with Crippen molar-refractivity contribution in [2.24, 2.45) is 11.8 Å². The first-order valence-corrected chi connectivity index (χ1v) is 17.6. The minimum atomic E-state index is 0.466. The van der Waals surface area contributed by atoms with E-state index in [-0.39, 0.29) is 0 Å². The summed E-state index contributed by atoms with van der Waals surface area (Å²) in [7, 11) is 0. The third-order valence-electron chi connectivity index (χ3n) is 11.0. The van der Waals surface area contributed by atoms with Gasteiger partial charge in [0.25, 0.3) is 0 Å². The molecule has 2 unspecified atom stereocenters. The molecule has 0 saturated heterocycles. The Morgan fingerprint density at radius 3 is 1.18 bits per heavy atom. The van der Waals surface area contributed by atoms with Gasteiger partial charge in [-0.15, -0.1) is 0 Å². The molecule has 2 saturated carbocycles. The maximum atomic E-state index is 2.62. The zero-order valence-electron chi connectivity index (χ0n) is 26.4. The predicted octanol–water partition coefficient (Wildman–Crippen LogP) is 12.9. The summed E-state index contributed by atoms with van der Waals surface area (Å²) in [5, 5.41) is 0. The van der Waals surface area contributed by atoms with E-state index in [4.69, 9.17) is 0 Å². The van der Waals surface area contributed by atoms with Crippen LogP contribution in [0.15, 0.2) is 24.3 Å². The van der Waals surface area contributed by atoms with Gasteiger partial charge in [0.2, 0.25) is 0 Å². The van der Waals surface area contributed by atoms with Crippen molar-refractivity contribution in [2.75, 3.05) is 0 Å². The Kier molecular flexibility index (Phi) is 14.3. The second-order valence-corrected chi connectivity index (χ2v) is 14.2. The van der Waals surface area contributed by atoms with Crippen molar-refractivity contribution < 1.29 is 0 Å². The first-order chi connectivity index (χ1) is 18.5. The largest absolute Gasteiger partial charge is 0.0654 e. The summed E-state index contributed by atoms with van der Waals surface area (Å²) in [5.74, 6) is 1.81. The molecule has 2 fully saturated rings. The van der Waals surface area contributed by atoms with Crippen molar-refractivity contribution in [1.29, 1.82) is 0 Å². The Labute approximate surface area is 239 Å². The van der Waals surface area contributed by atoms with Gasteiger partial charge in [-0.1, -0.05) is 168 Å². The monoisotopic (exact) mass is 523 g/mol. The van der Waals surface area contributed by atoms with E-state index < -0.39 is 0 Å². The van der Waals surface area contributed by atoms with Crippen LogP contribution in [-0.2, 0) is 10.8 Å². The lowest BCUT2D eigenvalue weighted by Gasteiger charge is -2.41. The SMILES string of the molecule is CCCCCC(C)CCCC1(c2ccc(C3(CCCC(C)CCCCC)CCCCC3)cc2)CCCCC1. The van der Waals surface area contributed by atoms with E-state index in [0.717, 1.165) is 11.8 Å². The van der Waals surface area contributed by atoms with Gasteiger partial charge in [0, 0.05) is 0 Å². The van der Waals surface area contributed by atoms with Gasteiger partial charge < -0.3 is 0 Å². The zero-order chi connectivity index (χ0) is 27.1. The predicted molar refractivity (Wildman–Crippen MR) is 170 cm³/mol. The zero-order valence-corrected chi connectivity index (χ0v) is 26.4. The standard InChI is InChI=1S/C38H66/c1-5-7-11-19-33(3)21-17-31-37(27-13-9-14-28-37)35-23-25-36(26-24-35)38(29-15-10-16-30-38)32-18-22-34(4)20-12-8-6-2/h23-26,33-34H,5-22,27-32H2,1-4H3. The van der Waals surface area contributed by atoms with Gasteiger partial charge in [0.05, 0.1) is 0 Å². The van der Waals surface area contributed by atoms with Gasteiger partial charge in [-0.25, -0.2) is 0 Å². The average molecular weight is 523 g/mol. The Bertz CT molecular complexity index is 652. The van der Waals surface area contributed by atoms with Crippen molar-refractivity contribution in [3.63, 3.8) is 0 Å². The molecule has 0 N–H and O–H groups in total. The highest BCUT2D eigenvalue weighted by atomic mass is 14.4. The Morgan fingerprint density at radius 2 is 0.842 bits per heavy atom. The highest BCUT2D eigenvalue weighted by Gasteiger charge is 2.36. The molecule has 0 aromatic heterocycles. The molecule has 0 bridgehead atoms. The van der Waals surface area contributed by atoms with Crippen LogP contribution in [0.25, 0.3) is 0 Å². The Balaban J connectivity index is 1.63. The van der Waals surface area contributed by atoms with Crippen LogP contribution in [-0.4, -0.2) is 0 Å². The van der Waals surface area contributed by atoms with Crippen LogP contribution in [0.2, 0.25) is 0 Å². The van der Waals surface area contributed by atoms with Gasteiger partial charge in [-0.05, 0) is 72.3 Å². The molecule has 2 atom stereocenters. The molecule has 0 heteroatoms. The lowest BCUT2D eigenvalue weighted by atomic mass is 9.64. The van der Waals surface area contributed by atoms with E-state index in [2.05, 4.69) is 52.0 Å². The summed E-state index contributed by atoms with van der Waals surface area (Å²) in [6, 6.07) is 10.5. The minimum Gasteiger partial charge on any atom is -0.0654 e. The molecule has 0 aliphatic heterocycles. The van der Waals surface area contributed by atoms with Crippen LogP contribution in [0, 0.1) is 11.8 Å². The maximum absolute atomic E-state index is 2.62. The highest BCUT2D eigenvalue weighted by molar-refractivity contribution is 5.34. The Morgan fingerprint density at radius 1 is 0.500 bits per heavy atom. The lowest BCUT2D eigenvalue weighted by molar-refractivity contribution is 0.254. The number of hydrogen-bond acceptors (Lipinski definition) is 0. The molecule has 0 spiro atoms. The molecular formula is C38H66. The fourth-order valence-electron chi connectivity index (χ4n) is 8.35. The van der Waals surface area contributed by atoms with Gasteiger partial charge in [0.1, 0.15) is 0 Å². The van der Waals surface area contributed by atoms with Crippen molar-refractivity contribution in [2.45, 2.75) is 193 Å². The molecule has 1 aromatic rings. The molecule has 218 valence electrons. The van der Waals surface area contributed by atoms with E-state index in [1.54, 1.807) is 11.1 Å². The van der Waals surface area contributed by atoms with Gasteiger partial charge in [-0.3, -0.25) is 0 Å². The summed E-state index contributed by atoms with van der Waals surface area (Å²) in [5.41, 5.74) is 4.31.